The SMILES string of the molecule is O=C(NCCN1C(=O)CCC1=O)c1cc2ccccc2s1. The third kappa shape index (κ3) is 2.80. The fourth-order valence-corrected chi connectivity index (χ4v) is 3.31. The topological polar surface area (TPSA) is 66.5 Å². The minimum absolute atomic E-state index is 0.156. The number of nitrogens with one attached hydrogen (secondary N) is 1. The summed E-state index contributed by atoms with van der Waals surface area (Å²) in [6, 6.07) is 9.65. The molecule has 1 N–H and O–H groups in total. The zero-order valence-corrected chi connectivity index (χ0v) is 12.1. The highest BCUT2D eigenvalue weighted by Gasteiger charge is 2.28. The van der Waals surface area contributed by atoms with Gasteiger partial charge in [0, 0.05) is 30.6 Å². The molecule has 1 aliphatic heterocycles. The molecule has 3 rings (SSSR count). The first-order valence-corrected chi connectivity index (χ1v) is 7.57. The van der Waals surface area contributed by atoms with Crippen molar-refractivity contribution in [2.75, 3.05) is 13.1 Å². The third-order valence-electron chi connectivity index (χ3n) is 3.43. The van der Waals surface area contributed by atoms with Crippen molar-refractivity contribution < 1.29 is 14.4 Å². The highest BCUT2D eigenvalue weighted by Crippen LogP contribution is 2.24. The molecule has 1 fully saturated rings. The van der Waals surface area contributed by atoms with Crippen LogP contribution in [0.2, 0.25) is 0 Å². The Labute approximate surface area is 125 Å². The lowest BCUT2D eigenvalue weighted by Crippen LogP contribution is -2.37. The molecule has 1 aromatic carbocycles. The van der Waals surface area contributed by atoms with Crippen molar-refractivity contribution in [2.45, 2.75) is 12.8 Å². The van der Waals surface area contributed by atoms with Crippen LogP contribution in [0.25, 0.3) is 10.1 Å². The monoisotopic (exact) mass is 302 g/mol. The second-order valence-electron chi connectivity index (χ2n) is 4.84. The predicted molar refractivity (Wildman–Crippen MR) is 80.1 cm³/mol. The molecule has 0 aliphatic carbocycles. The predicted octanol–water partition coefficient (Wildman–Crippen LogP) is 1.78. The normalized spacial score (nSPS) is 15.0. The van der Waals surface area contributed by atoms with Gasteiger partial charge in [0.2, 0.25) is 11.8 Å². The van der Waals surface area contributed by atoms with E-state index in [1.54, 1.807) is 0 Å². The summed E-state index contributed by atoms with van der Waals surface area (Å²) in [4.78, 5) is 36.8. The number of likely N-dealkylation sites (tertiary alicyclic amines) is 1. The summed E-state index contributed by atoms with van der Waals surface area (Å²) in [6.45, 7) is 0.527. The lowest BCUT2D eigenvalue weighted by atomic mass is 10.2. The van der Waals surface area contributed by atoms with E-state index in [-0.39, 0.29) is 43.7 Å². The number of thiophene rings is 1. The average molecular weight is 302 g/mol. The first-order chi connectivity index (χ1) is 10.1. The molecular weight excluding hydrogens is 288 g/mol. The number of carbonyl (C=O) groups is 3. The number of benzene rings is 1. The van der Waals surface area contributed by atoms with Crippen LogP contribution < -0.4 is 5.32 Å². The summed E-state index contributed by atoms with van der Waals surface area (Å²) in [5.41, 5.74) is 0. The number of imide groups is 1. The van der Waals surface area contributed by atoms with Crippen LogP contribution in [0.5, 0.6) is 0 Å². The van der Waals surface area contributed by atoms with Gasteiger partial charge in [-0.3, -0.25) is 19.3 Å². The van der Waals surface area contributed by atoms with Gasteiger partial charge in [-0.05, 0) is 17.5 Å². The van der Waals surface area contributed by atoms with Crippen LogP contribution in [0.4, 0.5) is 0 Å². The van der Waals surface area contributed by atoms with Gasteiger partial charge in [-0.1, -0.05) is 18.2 Å². The molecule has 1 saturated heterocycles. The first kappa shape index (κ1) is 13.8. The summed E-state index contributed by atoms with van der Waals surface area (Å²) >= 11 is 1.43. The van der Waals surface area contributed by atoms with Crippen LogP contribution >= 0.6 is 11.3 Å². The molecule has 108 valence electrons. The van der Waals surface area contributed by atoms with Crippen molar-refractivity contribution in [3.05, 3.63) is 35.2 Å². The van der Waals surface area contributed by atoms with Crippen LogP contribution in [0, 0.1) is 0 Å². The maximum Gasteiger partial charge on any atom is 0.261 e. The molecule has 2 heterocycles. The Morgan fingerprint density at radius 1 is 1.19 bits per heavy atom. The number of hydrogen-bond acceptors (Lipinski definition) is 4. The van der Waals surface area contributed by atoms with Gasteiger partial charge in [0.05, 0.1) is 4.88 Å². The first-order valence-electron chi connectivity index (χ1n) is 6.75. The minimum Gasteiger partial charge on any atom is -0.350 e. The minimum atomic E-state index is -0.171. The zero-order chi connectivity index (χ0) is 14.8. The molecule has 0 saturated carbocycles. The second-order valence-corrected chi connectivity index (χ2v) is 5.93. The molecule has 0 bridgehead atoms. The Balaban J connectivity index is 1.59. The Kier molecular flexibility index (Phi) is 3.70. The molecule has 2 aromatic rings. The van der Waals surface area contributed by atoms with E-state index in [0.717, 1.165) is 10.1 Å². The highest BCUT2D eigenvalue weighted by molar-refractivity contribution is 7.20. The molecule has 0 radical (unpaired) electrons. The molecular formula is C15H14N2O3S. The Morgan fingerprint density at radius 3 is 2.62 bits per heavy atom. The van der Waals surface area contributed by atoms with Crippen molar-refractivity contribution in [1.82, 2.24) is 10.2 Å². The van der Waals surface area contributed by atoms with Crippen LogP contribution in [-0.2, 0) is 9.59 Å². The van der Waals surface area contributed by atoms with E-state index >= 15 is 0 Å². The average Bonchev–Trinajstić information content (AvgIpc) is 3.04. The fourth-order valence-electron chi connectivity index (χ4n) is 2.33. The van der Waals surface area contributed by atoms with Gasteiger partial charge in [-0.2, -0.15) is 0 Å². The third-order valence-corrected chi connectivity index (χ3v) is 4.54. The van der Waals surface area contributed by atoms with Crippen molar-refractivity contribution in [1.29, 1.82) is 0 Å². The number of amides is 3. The van der Waals surface area contributed by atoms with Gasteiger partial charge >= 0.3 is 0 Å². The van der Waals surface area contributed by atoms with Crippen molar-refractivity contribution in [3.8, 4) is 0 Å². The van der Waals surface area contributed by atoms with Gasteiger partial charge in [-0.25, -0.2) is 0 Å². The summed E-state index contributed by atoms with van der Waals surface area (Å²) in [7, 11) is 0. The Bertz CT molecular complexity index is 674. The van der Waals surface area contributed by atoms with E-state index in [0.29, 0.717) is 4.88 Å². The summed E-state index contributed by atoms with van der Waals surface area (Å²) in [5.74, 6) is -0.484. The zero-order valence-electron chi connectivity index (χ0n) is 11.3. The van der Waals surface area contributed by atoms with Gasteiger partial charge < -0.3 is 5.32 Å². The standard InChI is InChI=1S/C15H14N2O3S/c18-13-5-6-14(19)17(13)8-7-16-15(20)12-9-10-3-1-2-4-11(10)21-12/h1-4,9H,5-8H2,(H,16,20). The number of rotatable bonds is 4. The number of fused-ring (bicyclic) bond motifs is 1. The fraction of sp³-hybridized carbons (Fsp3) is 0.267. The van der Waals surface area contributed by atoms with Gasteiger partial charge in [0.25, 0.3) is 5.91 Å². The lowest BCUT2D eigenvalue weighted by molar-refractivity contribution is -0.138. The van der Waals surface area contributed by atoms with Gasteiger partial charge in [0.15, 0.2) is 0 Å². The maximum atomic E-state index is 12.1. The number of hydrogen-bond donors (Lipinski definition) is 1. The molecule has 3 amide bonds. The lowest BCUT2D eigenvalue weighted by Gasteiger charge is -2.13. The Hall–Kier alpha value is -2.21. The molecule has 0 atom stereocenters. The number of nitrogens with zero attached hydrogens (tertiary/aromatic N) is 1. The molecule has 1 aromatic heterocycles. The van der Waals surface area contributed by atoms with E-state index in [1.165, 1.54) is 16.2 Å². The smallest absolute Gasteiger partial charge is 0.261 e. The highest BCUT2D eigenvalue weighted by atomic mass is 32.1. The van der Waals surface area contributed by atoms with Crippen LogP contribution in [0.15, 0.2) is 30.3 Å². The van der Waals surface area contributed by atoms with E-state index in [2.05, 4.69) is 5.32 Å². The number of carbonyl (C=O) groups excluding carboxylic acids is 3. The second kappa shape index (κ2) is 5.65. The molecule has 0 spiro atoms. The van der Waals surface area contributed by atoms with Crippen molar-refractivity contribution in [3.63, 3.8) is 0 Å². The molecule has 1 aliphatic rings. The van der Waals surface area contributed by atoms with Gasteiger partial charge in [0.1, 0.15) is 0 Å². The molecule has 5 nitrogen and oxygen atoms in total. The largest absolute Gasteiger partial charge is 0.350 e. The van der Waals surface area contributed by atoms with E-state index in [1.807, 2.05) is 30.3 Å². The summed E-state index contributed by atoms with van der Waals surface area (Å²) in [5, 5.41) is 3.79. The van der Waals surface area contributed by atoms with E-state index in [4.69, 9.17) is 0 Å². The molecule has 6 heteroatoms. The van der Waals surface area contributed by atoms with Crippen LogP contribution in [0.1, 0.15) is 22.5 Å². The molecule has 0 unspecified atom stereocenters. The molecule has 21 heavy (non-hydrogen) atoms. The summed E-state index contributed by atoms with van der Waals surface area (Å²) < 4.78 is 1.06. The van der Waals surface area contributed by atoms with Crippen molar-refractivity contribution in [2.24, 2.45) is 0 Å². The van der Waals surface area contributed by atoms with Crippen molar-refractivity contribution >= 4 is 39.1 Å². The van der Waals surface area contributed by atoms with Gasteiger partial charge in [-0.15, -0.1) is 11.3 Å². The quantitative estimate of drug-likeness (QED) is 0.876. The summed E-state index contributed by atoms with van der Waals surface area (Å²) in [6.07, 6.45) is 0.562. The van der Waals surface area contributed by atoms with E-state index < -0.39 is 0 Å². The Morgan fingerprint density at radius 2 is 1.90 bits per heavy atom. The van der Waals surface area contributed by atoms with Crippen LogP contribution in [0.3, 0.4) is 0 Å². The van der Waals surface area contributed by atoms with E-state index in [9.17, 15) is 14.4 Å². The van der Waals surface area contributed by atoms with Crippen LogP contribution in [-0.4, -0.2) is 35.7 Å². The maximum absolute atomic E-state index is 12.1.